The third kappa shape index (κ3) is 3.94. The highest BCUT2D eigenvalue weighted by atomic mass is 16.6. The fourth-order valence-electron chi connectivity index (χ4n) is 0.886. The zero-order valence-corrected chi connectivity index (χ0v) is 8.41. The van der Waals surface area contributed by atoms with Crippen molar-refractivity contribution in [3.05, 3.63) is 0 Å². The number of ether oxygens (including phenoxy) is 2. The van der Waals surface area contributed by atoms with Crippen LogP contribution in [0.1, 0.15) is 20.3 Å². The van der Waals surface area contributed by atoms with Gasteiger partial charge in [0.2, 0.25) is 0 Å². The smallest absolute Gasteiger partial charge is 0.321 e. The Morgan fingerprint density at radius 1 is 1.29 bits per heavy atom. The number of carbonyl (C=O) groups excluding carboxylic acids is 2. The second kappa shape index (κ2) is 6.96. The largest absolute Gasteiger partial charge is 0.465 e. The van der Waals surface area contributed by atoms with Crippen molar-refractivity contribution in [2.24, 2.45) is 5.92 Å². The van der Waals surface area contributed by atoms with Crippen molar-refractivity contribution in [3.8, 4) is 12.3 Å². The van der Waals surface area contributed by atoms with E-state index in [2.05, 4.69) is 10.7 Å². The van der Waals surface area contributed by atoms with Crippen LogP contribution in [0.2, 0.25) is 0 Å². The van der Waals surface area contributed by atoms with Gasteiger partial charge in [0.25, 0.3) is 0 Å². The molecule has 0 fully saturated rings. The van der Waals surface area contributed by atoms with E-state index in [1.807, 2.05) is 0 Å². The van der Waals surface area contributed by atoms with Gasteiger partial charge in [-0.2, -0.15) is 0 Å². The maximum atomic E-state index is 11.2. The summed E-state index contributed by atoms with van der Waals surface area (Å²) in [6.07, 6.45) is 5.26. The second-order valence-corrected chi connectivity index (χ2v) is 2.52. The Labute approximate surface area is 83.6 Å². The molecule has 0 heterocycles. The highest BCUT2D eigenvalue weighted by Crippen LogP contribution is 2.07. The number of hydrogen-bond acceptors (Lipinski definition) is 4. The van der Waals surface area contributed by atoms with E-state index in [1.165, 1.54) is 0 Å². The third-order valence-electron chi connectivity index (χ3n) is 1.56. The van der Waals surface area contributed by atoms with E-state index in [0.29, 0.717) is 6.42 Å². The summed E-state index contributed by atoms with van der Waals surface area (Å²) in [5.74, 6) is 0.116. The van der Waals surface area contributed by atoms with Gasteiger partial charge in [-0.15, -0.1) is 6.42 Å². The van der Waals surface area contributed by atoms with Gasteiger partial charge < -0.3 is 9.47 Å². The molecule has 0 bridgehead atoms. The SMILES string of the molecule is C#CCOC(=O)C(CC)C(=O)OCC. The average molecular weight is 198 g/mol. The van der Waals surface area contributed by atoms with Gasteiger partial charge in [-0.1, -0.05) is 12.8 Å². The lowest BCUT2D eigenvalue weighted by molar-refractivity contribution is -0.161. The maximum Gasteiger partial charge on any atom is 0.321 e. The molecule has 78 valence electrons. The Hall–Kier alpha value is -1.50. The lowest BCUT2D eigenvalue weighted by Crippen LogP contribution is -2.27. The summed E-state index contributed by atoms with van der Waals surface area (Å²) < 4.78 is 9.34. The summed E-state index contributed by atoms with van der Waals surface area (Å²) in [7, 11) is 0. The van der Waals surface area contributed by atoms with Crippen LogP contribution in [-0.4, -0.2) is 25.2 Å². The fraction of sp³-hybridized carbons (Fsp3) is 0.600. The minimum Gasteiger partial charge on any atom is -0.465 e. The molecule has 0 aromatic rings. The van der Waals surface area contributed by atoms with E-state index in [9.17, 15) is 9.59 Å². The molecule has 14 heavy (non-hydrogen) atoms. The Balaban J connectivity index is 4.19. The normalized spacial score (nSPS) is 11.2. The molecule has 0 aliphatic carbocycles. The molecule has 0 aromatic carbocycles. The molecular weight excluding hydrogens is 184 g/mol. The van der Waals surface area contributed by atoms with Crippen molar-refractivity contribution >= 4 is 11.9 Å². The van der Waals surface area contributed by atoms with Crippen molar-refractivity contribution in [3.63, 3.8) is 0 Å². The molecule has 0 aromatic heterocycles. The van der Waals surface area contributed by atoms with Crippen LogP contribution >= 0.6 is 0 Å². The van der Waals surface area contributed by atoms with Gasteiger partial charge in [-0.05, 0) is 13.3 Å². The molecule has 0 rings (SSSR count). The minimum atomic E-state index is -0.858. The predicted molar refractivity (Wildman–Crippen MR) is 50.2 cm³/mol. The second-order valence-electron chi connectivity index (χ2n) is 2.52. The predicted octanol–water partition coefficient (Wildman–Crippen LogP) is 0.752. The molecule has 0 radical (unpaired) electrons. The Morgan fingerprint density at radius 2 is 1.86 bits per heavy atom. The van der Waals surface area contributed by atoms with E-state index < -0.39 is 17.9 Å². The van der Waals surface area contributed by atoms with E-state index in [-0.39, 0.29) is 13.2 Å². The van der Waals surface area contributed by atoms with Gasteiger partial charge in [-0.25, -0.2) is 0 Å². The zero-order valence-electron chi connectivity index (χ0n) is 8.41. The Bertz CT molecular complexity index is 239. The number of esters is 2. The first-order valence-corrected chi connectivity index (χ1v) is 4.44. The highest BCUT2D eigenvalue weighted by molar-refractivity contribution is 5.94. The molecule has 0 saturated heterocycles. The molecule has 0 amide bonds. The van der Waals surface area contributed by atoms with Crippen LogP contribution in [-0.2, 0) is 19.1 Å². The van der Waals surface area contributed by atoms with Crippen molar-refractivity contribution in [2.75, 3.05) is 13.2 Å². The number of carbonyl (C=O) groups is 2. The molecule has 1 unspecified atom stereocenters. The highest BCUT2D eigenvalue weighted by Gasteiger charge is 2.27. The summed E-state index contributed by atoms with van der Waals surface area (Å²) >= 11 is 0. The average Bonchev–Trinajstić information content (AvgIpc) is 2.16. The quantitative estimate of drug-likeness (QED) is 0.371. The van der Waals surface area contributed by atoms with Crippen molar-refractivity contribution in [2.45, 2.75) is 20.3 Å². The lowest BCUT2D eigenvalue weighted by Gasteiger charge is -2.11. The molecular formula is C10H14O4. The topological polar surface area (TPSA) is 52.6 Å². The zero-order chi connectivity index (χ0) is 11.0. The van der Waals surface area contributed by atoms with Gasteiger partial charge >= 0.3 is 11.9 Å². The van der Waals surface area contributed by atoms with Crippen molar-refractivity contribution in [1.29, 1.82) is 0 Å². The van der Waals surface area contributed by atoms with E-state index in [1.54, 1.807) is 13.8 Å². The fourth-order valence-corrected chi connectivity index (χ4v) is 0.886. The number of hydrogen-bond donors (Lipinski definition) is 0. The van der Waals surface area contributed by atoms with E-state index >= 15 is 0 Å². The van der Waals surface area contributed by atoms with E-state index in [0.717, 1.165) is 0 Å². The number of terminal acetylenes is 1. The monoisotopic (exact) mass is 198 g/mol. The Morgan fingerprint density at radius 3 is 2.29 bits per heavy atom. The van der Waals surface area contributed by atoms with Crippen molar-refractivity contribution < 1.29 is 19.1 Å². The van der Waals surface area contributed by atoms with E-state index in [4.69, 9.17) is 11.2 Å². The first-order valence-electron chi connectivity index (χ1n) is 4.44. The summed E-state index contributed by atoms with van der Waals surface area (Å²) in [5, 5.41) is 0. The standard InChI is InChI=1S/C10H14O4/c1-4-7-14-10(12)8(5-2)9(11)13-6-3/h1,8H,5-7H2,2-3H3. The van der Waals surface area contributed by atoms with Crippen LogP contribution in [0.5, 0.6) is 0 Å². The van der Waals surface area contributed by atoms with Gasteiger partial charge in [0.05, 0.1) is 6.61 Å². The van der Waals surface area contributed by atoms with Crippen LogP contribution < -0.4 is 0 Å². The van der Waals surface area contributed by atoms with Crippen LogP contribution in [0, 0.1) is 18.3 Å². The summed E-state index contributed by atoms with van der Waals surface area (Å²) in [5.41, 5.74) is 0. The third-order valence-corrected chi connectivity index (χ3v) is 1.56. The minimum absolute atomic E-state index is 0.116. The summed E-state index contributed by atoms with van der Waals surface area (Å²) in [6.45, 7) is 3.52. The van der Waals surface area contributed by atoms with Crippen LogP contribution in [0.15, 0.2) is 0 Å². The molecule has 0 saturated carbocycles. The van der Waals surface area contributed by atoms with Gasteiger partial charge in [-0.3, -0.25) is 9.59 Å². The van der Waals surface area contributed by atoms with Crippen LogP contribution in [0.4, 0.5) is 0 Å². The first kappa shape index (κ1) is 12.5. The summed E-state index contributed by atoms with van der Waals surface area (Å²) in [4.78, 5) is 22.4. The molecule has 0 aliphatic rings. The lowest BCUT2D eigenvalue weighted by atomic mass is 10.1. The molecule has 0 spiro atoms. The van der Waals surface area contributed by atoms with Crippen molar-refractivity contribution in [1.82, 2.24) is 0 Å². The van der Waals surface area contributed by atoms with Gasteiger partial charge in [0, 0.05) is 0 Å². The van der Waals surface area contributed by atoms with Crippen LogP contribution in [0.3, 0.4) is 0 Å². The molecule has 4 nitrogen and oxygen atoms in total. The van der Waals surface area contributed by atoms with Gasteiger partial charge in [0.1, 0.15) is 0 Å². The van der Waals surface area contributed by atoms with Gasteiger partial charge in [0.15, 0.2) is 12.5 Å². The Kier molecular flexibility index (Phi) is 6.21. The molecule has 1 atom stereocenters. The number of rotatable bonds is 5. The first-order chi connectivity index (χ1) is 6.67. The molecule has 0 aliphatic heterocycles. The van der Waals surface area contributed by atoms with Crippen LogP contribution in [0.25, 0.3) is 0 Å². The maximum absolute atomic E-state index is 11.2. The molecule has 0 N–H and O–H groups in total. The summed E-state index contributed by atoms with van der Waals surface area (Å²) in [6, 6.07) is 0. The molecule has 4 heteroatoms.